The highest BCUT2D eigenvalue weighted by Gasteiger charge is 2.55. The fourth-order valence-electron chi connectivity index (χ4n) is 4.44. The molecule has 1 unspecified atom stereocenters. The van der Waals surface area contributed by atoms with Crippen LogP contribution >= 0.6 is 0 Å². The number of halogens is 3. The van der Waals surface area contributed by atoms with Crippen LogP contribution in [0, 0.1) is 11.3 Å². The van der Waals surface area contributed by atoms with Gasteiger partial charge in [-0.1, -0.05) is 31.2 Å². The SMILES string of the molecule is CN1CC(C)(C(O)(c2ccc(OC(F)(F)F)cc2)c2cccc(OCC3CC3)c2)C1. The molecule has 1 heterocycles. The van der Waals surface area contributed by atoms with Crippen LogP contribution in [0.2, 0.25) is 0 Å². The van der Waals surface area contributed by atoms with E-state index in [4.69, 9.17) is 4.74 Å². The molecule has 1 aliphatic carbocycles. The first-order valence-electron chi connectivity index (χ1n) is 10.1. The largest absolute Gasteiger partial charge is 0.573 e. The summed E-state index contributed by atoms with van der Waals surface area (Å²) >= 11 is 0. The predicted molar refractivity (Wildman–Crippen MR) is 106 cm³/mol. The van der Waals surface area contributed by atoms with E-state index < -0.39 is 17.4 Å². The van der Waals surface area contributed by atoms with Crippen LogP contribution in [-0.2, 0) is 5.60 Å². The summed E-state index contributed by atoms with van der Waals surface area (Å²) in [6, 6.07) is 12.9. The van der Waals surface area contributed by atoms with Crippen molar-refractivity contribution in [2.45, 2.75) is 31.7 Å². The smallest absolute Gasteiger partial charge is 0.493 e. The number of ether oxygens (including phenoxy) is 2. The van der Waals surface area contributed by atoms with Gasteiger partial charge in [0.1, 0.15) is 17.1 Å². The van der Waals surface area contributed by atoms with Crippen molar-refractivity contribution >= 4 is 0 Å². The van der Waals surface area contributed by atoms with Gasteiger partial charge in [0.05, 0.1) is 6.61 Å². The Morgan fingerprint density at radius 3 is 2.27 bits per heavy atom. The van der Waals surface area contributed by atoms with E-state index in [1.807, 2.05) is 38.2 Å². The molecule has 0 radical (unpaired) electrons. The Kier molecular flexibility index (Phi) is 5.22. The van der Waals surface area contributed by atoms with Crippen molar-refractivity contribution < 1.29 is 27.8 Å². The topological polar surface area (TPSA) is 41.9 Å². The maximum Gasteiger partial charge on any atom is 0.573 e. The molecular weight excluding hydrogens is 395 g/mol. The number of alkyl halides is 3. The number of hydrogen-bond acceptors (Lipinski definition) is 4. The molecule has 7 heteroatoms. The van der Waals surface area contributed by atoms with Crippen molar-refractivity contribution in [3.63, 3.8) is 0 Å². The maximum absolute atomic E-state index is 12.5. The Morgan fingerprint density at radius 1 is 1.03 bits per heavy atom. The standard InChI is InChI=1S/C23H26F3NO3/c1-21(14-27(2)15-21)22(28,17-8-10-19(11-9-17)30-23(24,25)26)18-4-3-5-20(12-18)29-13-16-6-7-16/h3-5,8-12,16,28H,6-7,13-15H2,1-2H3. The van der Waals surface area contributed by atoms with Crippen LogP contribution in [0.5, 0.6) is 11.5 Å². The van der Waals surface area contributed by atoms with Crippen LogP contribution in [0.1, 0.15) is 30.9 Å². The van der Waals surface area contributed by atoms with Gasteiger partial charge < -0.3 is 19.5 Å². The van der Waals surface area contributed by atoms with Crippen LogP contribution in [0.15, 0.2) is 48.5 Å². The van der Waals surface area contributed by atoms with Crippen molar-refractivity contribution in [1.82, 2.24) is 4.90 Å². The Balaban J connectivity index is 1.68. The minimum atomic E-state index is -4.76. The first-order valence-corrected chi connectivity index (χ1v) is 10.1. The Bertz CT molecular complexity index is 889. The minimum absolute atomic E-state index is 0.314. The molecule has 2 aromatic rings. The molecule has 0 bridgehead atoms. The summed E-state index contributed by atoms with van der Waals surface area (Å²) in [6.45, 7) is 3.95. The molecule has 0 aromatic heterocycles. The van der Waals surface area contributed by atoms with E-state index in [0.717, 1.165) is 0 Å². The predicted octanol–water partition coefficient (Wildman–Crippen LogP) is 4.56. The van der Waals surface area contributed by atoms with E-state index in [1.54, 1.807) is 0 Å². The molecule has 1 saturated heterocycles. The normalized spacial score (nSPS) is 20.9. The van der Waals surface area contributed by atoms with E-state index in [2.05, 4.69) is 9.64 Å². The fourth-order valence-corrected chi connectivity index (χ4v) is 4.44. The van der Waals surface area contributed by atoms with Crippen LogP contribution < -0.4 is 9.47 Å². The van der Waals surface area contributed by atoms with Gasteiger partial charge in [-0.15, -0.1) is 13.2 Å². The summed E-state index contributed by atoms with van der Waals surface area (Å²) in [6.07, 6.45) is -2.39. The first-order chi connectivity index (χ1) is 14.1. The zero-order chi connectivity index (χ0) is 21.6. The highest BCUT2D eigenvalue weighted by Crippen LogP contribution is 2.50. The summed E-state index contributed by atoms with van der Waals surface area (Å²) in [5.74, 6) is 0.976. The molecule has 30 heavy (non-hydrogen) atoms. The van der Waals surface area contributed by atoms with Gasteiger partial charge in [0.25, 0.3) is 0 Å². The van der Waals surface area contributed by atoms with Gasteiger partial charge in [0.2, 0.25) is 0 Å². The second-order valence-electron chi connectivity index (χ2n) is 8.80. The monoisotopic (exact) mass is 421 g/mol. The molecule has 2 aliphatic rings. The number of likely N-dealkylation sites (tertiary alicyclic amines) is 1. The van der Waals surface area contributed by atoms with E-state index in [-0.39, 0.29) is 5.75 Å². The lowest BCUT2D eigenvalue weighted by Crippen LogP contribution is -2.63. The second-order valence-corrected chi connectivity index (χ2v) is 8.80. The summed E-state index contributed by atoms with van der Waals surface area (Å²) in [5, 5.41) is 12.0. The summed E-state index contributed by atoms with van der Waals surface area (Å²) in [7, 11) is 1.97. The second kappa shape index (κ2) is 7.46. The molecule has 1 saturated carbocycles. The Morgan fingerprint density at radius 2 is 1.70 bits per heavy atom. The molecule has 1 N–H and O–H groups in total. The molecule has 1 aliphatic heterocycles. The van der Waals surface area contributed by atoms with Crippen molar-refractivity contribution in [3.05, 3.63) is 59.7 Å². The fraction of sp³-hybridized carbons (Fsp3) is 0.478. The molecule has 0 spiro atoms. The van der Waals surface area contributed by atoms with Crippen molar-refractivity contribution in [2.75, 3.05) is 26.7 Å². The molecule has 162 valence electrons. The van der Waals surface area contributed by atoms with Gasteiger partial charge in [0, 0.05) is 18.5 Å². The first kappa shape index (κ1) is 21.0. The van der Waals surface area contributed by atoms with E-state index in [1.165, 1.54) is 37.1 Å². The molecule has 4 rings (SSSR count). The van der Waals surface area contributed by atoms with Gasteiger partial charge in [-0.25, -0.2) is 0 Å². The quantitative estimate of drug-likeness (QED) is 0.712. The van der Waals surface area contributed by atoms with Crippen LogP contribution in [0.3, 0.4) is 0 Å². The highest BCUT2D eigenvalue weighted by molar-refractivity contribution is 5.44. The lowest BCUT2D eigenvalue weighted by molar-refractivity contribution is -0.274. The van der Waals surface area contributed by atoms with Crippen LogP contribution in [0.25, 0.3) is 0 Å². The number of nitrogens with zero attached hydrogens (tertiary/aromatic N) is 1. The van der Waals surface area contributed by atoms with E-state index >= 15 is 0 Å². The lowest BCUT2D eigenvalue weighted by Gasteiger charge is -2.56. The average Bonchev–Trinajstić information content (AvgIpc) is 3.48. The lowest BCUT2D eigenvalue weighted by atomic mass is 9.62. The summed E-state index contributed by atoms with van der Waals surface area (Å²) in [5.41, 5.74) is -0.721. The Labute approximate surface area is 174 Å². The number of aliphatic hydroxyl groups is 1. The van der Waals surface area contributed by atoms with E-state index in [9.17, 15) is 18.3 Å². The minimum Gasteiger partial charge on any atom is -0.493 e. The van der Waals surface area contributed by atoms with E-state index in [0.29, 0.717) is 42.5 Å². The molecule has 4 nitrogen and oxygen atoms in total. The van der Waals surface area contributed by atoms with Gasteiger partial charge >= 0.3 is 6.36 Å². The molecule has 0 amide bonds. The third-order valence-corrected chi connectivity index (χ3v) is 6.05. The van der Waals surface area contributed by atoms with Crippen LogP contribution in [-0.4, -0.2) is 43.1 Å². The molecule has 2 aromatic carbocycles. The van der Waals surface area contributed by atoms with Gasteiger partial charge in [0.15, 0.2) is 0 Å². The molecular formula is C23H26F3NO3. The summed E-state index contributed by atoms with van der Waals surface area (Å²) in [4.78, 5) is 2.10. The van der Waals surface area contributed by atoms with Gasteiger partial charge in [-0.3, -0.25) is 0 Å². The van der Waals surface area contributed by atoms with Gasteiger partial charge in [-0.2, -0.15) is 0 Å². The maximum atomic E-state index is 12.5. The Hall–Kier alpha value is -2.25. The highest BCUT2D eigenvalue weighted by atomic mass is 19.4. The summed E-state index contributed by atoms with van der Waals surface area (Å²) < 4.78 is 47.5. The molecule has 1 atom stereocenters. The van der Waals surface area contributed by atoms with Gasteiger partial charge in [-0.05, 0) is 61.2 Å². The third-order valence-electron chi connectivity index (χ3n) is 6.05. The molecule has 2 fully saturated rings. The third kappa shape index (κ3) is 4.14. The number of benzene rings is 2. The van der Waals surface area contributed by atoms with Crippen molar-refractivity contribution in [2.24, 2.45) is 11.3 Å². The average molecular weight is 421 g/mol. The zero-order valence-electron chi connectivity index (χ0n) is 17.1. The van der Waals surface area contributed by atoms with Crippen molar-refractivity contribution in [3.8, 4) is 11.5 Å². The van der Waals surface area contributed by atoms with Crippen molar-refractivity contribution in [1.29, 1.82) is 0 Å². The zero-order valence-corrected chi connectivity index (χ0v) is 17.1. The van der Waals surface area contributed by atoms with Crippen LogP contribution in [0.4, 0.5) is 13.2 Å². The number of hydrogen-bond donors (Lipinski definition) is 1. The number of rotatable bonds is 7.